The fourth-order valence-electron chi connectivity index (χ4n) is 1.68. The van der Waals surface area contributed by atoms with Gasteiger partial charge in [0.1, 0.15) is 5.75 Å². The molecular weight excluding hydrogens is 254 g/mol. The van der Waals surface area contributed by atoms with Gasteiger partial charge in [0.05, 0.1) is 0 Å². The Morgan fingerprint density at radius 2 is 1.35 bits per heavy atom. The number of hydrogen-bond acceptors (Lipinski definition) is 3. The average molecular weight is 271 g/mol. The molecule has 0 spiro atoms. The van der Waals surface area contributed by atoms with E-state index in [4.69, 9.17) is 5.11 Å². The van der Waals surface area contributed by atoms with Gasteiger partial charge in [-0.15, -0.1) is 0 Å². The van der Waals surface area contributed by atoms with Crippen molar-refractivity contribution in [3.8, 4) is 5.75 Å². The second-order valence-corrected chi connectivity index (χ2v) is 4.57. The maximum absolute atomic E-state index is 11.8. The van der Waals surface area contributed by atoms with E-state index in [-0.39, 0.29) is 11.8 Å². The Hall–Kier alpha value is -2.69. The Kier molecular flexibility index (Phi) is 4.10. The molecule has 0 unspecified atom stereocenters. The number of aromatic hydroxyl groups is 1. The summed E-state index contributed by atoms with van der Waals surface area (Å²) in [6.45, 7) is 0. The zero-order valence-electron chi connectivity index (χ0n) is 11.4. The van der Waals surface area contributed by atoms with Crippen molar-refractivity contribution in [1.29, 1.82) is 0 Å². The van der Waals surface area contributed by atoms with Crippen LogP contribution in [0.4, 0.5) is 21.9 Å². The highest BCUT2D eigenvalue weighted by molar-refractivity contribution is 5.99. The number of anilines is 3. The van der Waals surface area contributed by atoms with Gasteiger partial charge in [-0.3, -0.25) is 0 Å². The second-order valence-electron chi connectivity index (χ2n) is 4.57. The van der Waals surface area contributed by atoms with E-state index in [0.29, 0.717) is 11.4 Å². The lowest BCUT2D eigenvalue weighted by Gasteiger charge is -2.13. The van der Waals surface area contributed by atoms with Crippen LogP contribution in [0.2, 0.25) is 0 Å². The van der Waals surface area contributed by atoms with Crippen LogP contribution in [-0.2, 0) is 0 Å². The van der Waals surface area contributed by atoms with Crippen LogP contribution in [0.15, 0.2) is 48.5 Å². The van der Waals surface area contributed by atoms with Gasteiger partial charge in [0, 0.05) is 31.2 Å². The van der Waals surface area contributed by atoms with Crippen LogP contribution in [0.25, 0.3) is 0 Å². The summed E-state index contributed by atoms with van der Waals surface area (Å²) in [6.07, 6.45) is 0. The summed E-state index contributed by atoms with van der Waals surface area (Å²) >= 11 is 0. The molecule has 0 radical (unpaired) electrons. The predicted octanol–water partition coefficient (Wildman–Crippen LogP) is 3.10. The summed E-state index contributed by atoms with van der Waals surface area (Å²) < 4.78 is 0. The molecule has 0 aliphatic heterocycles. The van der Waals surface area contributed by atoms with Gasteiger partial charge in [0.2, 0.25) is 0 Å². The zero-order valence-corrected chi connectivity index (χ0v) is 11.4. The number of nitrogens with one attached hydrogen (secondary N) is 2. The first-order valence-corrected chi connectivity index (χ1v) is 6.19. The van der Waals surface area contributed by atoms with Crippen molar-refractivity contribution in [3.05, 3.63) is 48.5 Å². The maximum atomic E-state index is 11.8. The minimum Gasteiger partial charge on any atom is -0.508 e. The molecular formula is C15H17N3O2. The van der Waals surface area contributed by atoms with Gasteiger partial charge in [0.25, 0.3) is 0 Å². The van der Waals surface area contributed by atoms with Gasteiger partial charge in [-0.1, -0.05) is 0 Å². The Morgan fingerprint density at radius 1 is 0.900 bits per heavy atom. The Bertz CT molecular complexity index is 577. The van der Waals surface area contributed by atoms with E-state index in [9.17, 15) is 4.79 Å². The number of phenolic OH excluding ortho intramolecular Hbond substituents is 1. The van der Waals surface area contributed by atoms with Crippen molar-refractivity contribution in [2.75, 3.05) is 29.6 Å². The van der Waals surface area contributed by atoms with Gasteiger partial charge in [-0.25, -0.2) is 4.79 Å². The molecule has 0 aliphatic rings. The highest BCUT2D eigenvalue weighted by atomic mass is 16.3. The SMILES string of the molecule is CN(C)c1ccc(NC(=O)Nc2ccc(O)cc2)cc1. The molecule has 5 heteroatoms. The maximum Gasteiger partial charge on any atom is 0.323 e. The number of hydrogen-bond donors (Lipinski definition) is 3. The second kappa shape index (κ2) is 5.97. The molecule has 2 rings (SSSR count). The third-order valence-electron chi connectivity index (χ3n) is 2.77. The van der Waals surface area contributed by atoms with E-state index in [2.05, 4.69) is 10.6 Å². The monoisotopic (exact) mass is 271 g/mol. The van der Waals surface area contributed by atoms with Crippen molar-refractivity contribution in [2.45, 2.75) is 0 Å². The van der Waals surface area contributed by atoms with Crippen LogP contribution < -0.4 is 15.5 Å². The molecule has 0 aliphatic carbocycles. The molecule has 0 aromatic heterocycles. The summed E-state index contributed by atoms with van der Waals surface area (Å²) in [5.41, 5.74) is 2.39. The molecule has 5 nitrogen and oxygen atoms in total. The lowest BCUT2D eigenvalue weighted by Crippen LogP contribution is -2.19. The van der Waals surface area contributed by atoms with E-state index in [1.807, 2.05) is 43.3 Å². The normalized spacial score (nSPS) is 9.90. The Balaban J connectivity index is 1.95. The summed E-state index contributed by atoms with van der Waals surface area (Å²) in [5, 5.41) is 14.6. The van der Waals surface area contributed by atoms with Gasteiger partial charge in [0.15, 0.2) is 0 Å². The largest absolute Gasteiger partial charge is 0.508 e. The van der Waals surface area contributed by atoms with Crippen LogP contribution >= 0.6 is 0 Å². The molecule has 0 saturated heterocycles. The summed E-state index contributed by atoms with van der Waals surface area (Å²) in [7, 11) is 3.92. The van der Waals surface area contributed by atoms with E-state index >= 15 is 0 Å². The molecule has 3 N–H and O–H groups in total. The van der Waals surface area contributed by atoms with E-state index in [0.717, 1.165) is 5.69 Å². The number of nitrogens with zero attached hydrogens (tertiary/aromatic N) is 1. The van der Waals surface area contributed by atoms with Crippen molar-refractivity contribution >= 4 is 23.1 Å². The summed E-state index contributed by atoms with van der Waals surface area (Å²) in [4.78, 5) is 13.8. The minimum absolute atomic E-state index is 0.162. The quantitative estimate of drug-likeness (QED) is 0.752. The number of carbonyl (C=O) groups excluding carboxylic acids is 1. The Morgan fingerprint density at radius 3 is 1.80 bits per heavy atom. The number of amides is 2. The van der Waals surface area contributed by atoms with Gasteiger partial charge < -0.3 is 20.6 Å². The van der Waals surface area contributed by atoms with Crippen LogP contribution in [0.5, 0.6) is 5.75 Å². The third-order valence-corrected chi connectivity index (χ3v) is 2.77. The standard InChI is InChI=1S/C15H17N3O2/c1-18(2)13-7-3-11(4-8-13)16-15(20)17-12-5-9-14(19)10-6-12/h3-10,19H,1-2H3,(H2,16,17,20). The highest BCUT2D eigenvalue weighted by Crippen LogP contribution is 2.17. The first-order chi connectivity index (χ1) is 9.54. The van der Waals surface area contributed by atoms with Crippen molar-refractivity contribution in [3.63, 3.8) is 0 Å². The van der Waals surface area contributed by atoms with Gasteiger partial charge in [-0.05, 0) is 48.5 Å². The van der Waals surface area contributed by atoms with E-state index < -0.39 is 0 Å². The summed E-state index contributed by atoms with van der Waals surface area (Å²) in [5.74, 6) is 0.162. The molecule has 2 amide bonds. The van der Waals surface area contributed by atoms with Crippen LogP contribution in [0.1, 0.15) is 0 Å². The molecule has 0 heterocycles. The fourth-order valence-corrected chi connectivity index (χ4v) is 1.68. The molecule has 0 bridgehead atoms. The molecule has 0 atom stereocenters. The molecule has 2 aromatic carbocycles. The molecule has 0 fully saturated rings. The number of rotatable bonds is 3. The number of carbonyl (C=O) groups is 1. The molecule has 20 heavy (non-hydrogen) atoms. The fraction of sp³-hybridized carbons (Fsp3) is 0.133. The Labute approximate surface area is 117 Å². The first kappa shape index (κ1) is 13.7. The average Bonchev–Trinajstić information content (AvgIpc) is 2.42. The van der Waals surface area contributed by atoms with Crippen LogP contribution in [0.3, 0.4) is 0 Å². The number of benzene rings is 2. The van der Waals surface area contributed by atoms with Crippen LogP contribution in [0, 0.1) is 0 Å². The third kappa shape index (κ3) is 3.65. The van der Waals surface area contributed by atoms with Crippen LogP contribution in [-0.4, -0.2) is 25.2 Å². The van der Waals surface area contributed by atoms with Crippen molar-refractivity contribution in [1.82, 2.24) is 0 Å². The number of phenols is 1. The lowest BCUT2D eigenvalue weighted by molar-refractivity contribution is 0.262. The highest BCUT2D eigenvalue weighted by Gasteiger charge is 2.03. The van der Waals surface area contributed by atoms with Gasteiger partial charge >= 0.3 is 6.03 Å². The van der Waals surface area contributed by atoms with Gasteiger partial charge in [-0.2, -0.15) is 0 Å². The topological polar surface area (TPSA) is 64.6 Å². The zero-order chi connectivity index (χ0) is 14.5. The number of urea groups is 1. The lowest BCUT2D eigenvalue weighted by atomic mass is 10.2. The van der Waals surface area contributed by atoms with Crippen molar-refractivity contribution in [2.24, 2.45) is 0 Å². The predicted molar refractivity (Wildman–Crippen MR) is 81.5 cm³/mol. The van der Waals surface area contributed by atoms with E-state index in [1.54, 1.807) is 12.1 Å². The molecule has 104 valence electrons. The first-order valence-electron chi connectivity index (χ1n) is 6.19. The van der Waals surface area contributed by atoms with E-state index in [1.165, 1.54) is 12.1 Å². The smallest absolute Gasteiger partial charge is 0.323 e. The summed E-state index contributed by atoms with van der Waals surface area (Å²) in [6, 6.07) is 13.5. The molecule has 0 saturated carbocycles. The molecule has 2 aromatic rings. The van der Waals surface area contributed by atoms with Crippen molar-refractivity contribution < 1.29 is 9.90 Å². The minimum atomic E-state index is -0.326.